The molecule has 0 spiro atoms. The molecule has 1 N–H and O–H groups in total. The minimum atomic E-state index is -1.03. The lowest BCUT2D eigenvalue weighted by Gasteiger charge is -1.98. The summed E-state index contributed by atoms with van der Waals surface area (Å²) in [6.07, 6.45) is 1.83. The SMILES string of the molecule is CCn1ccc(-n2nc(C(=O)O)cc2C)n1. The van der Waals surface area contributed by atoms with Crippen molar-refractivity contribution < 1.29 is 9.90 Å². The lowest BCUT2D eigenvalue weighted by atomic mass is 10.4. The van der Waals surface area contributed by atoms with Gasteiger partial charge in [0.25, 0.3) is 0 Å². The van der Waals surface area contributed by atoms with Crippen molar-refractivity contribution >= 4 is 5.97 Å². The molecule has 0 saturated carbocycles. The van der Waals surface area contributed by atoms with E-state index in [4.69, 9.17) is 5.11 Å². The minimum Gasteiger partial charge on any atom is -0.476 e. The number of rotatable bonds is 3. The molecule has 0 atom stereocenters. The van der Waals surface area contributed by atoms with Gasteiger partial charge in [-0.15, -0.1) is 0 Å². The van der Waals surface area contributed by atoms with Gasteiger partial charge in [-0.2, -0.15) is 10.2 Å². The van der Waals surface area contributed by atoms with Crippen LogP contribution in [0.15, 0.2) is 18.3 Å². The molecule has 0 aliphatic carbocycles. The molecule has 2 aromatic heterocycles. The van der Waals surface area contributed by atoms with Crippen molar-refractivity contribution in [3.63, 3.8) is 0 Å². The minimum absolute atomic E-state index is 0.0311. The first-order valence-corrected chi connectivity index (χ1v) is 4.95. The lowest BCUT2D eigenvalue weighted by molar-refractivity contribution is 0.0690. The Balaban J connectivity index is 2.43. The van der Waals surface area contributed by atoms with E-state index in [1.165, 1.54) is 10.7 Å². The normalized spacial score (nSPS) is 10.6. The lowest BCUT2D eigenvalue weighted by Crippen LogP contribution is -2.04. The van der Waals surface area contributed by atoms with Crippen molar-refractivity contribution in [2.24, 2.45) is 0 Å². The Bertz CT molecular complexity index is 527. The number of carbonyl (C=O) groups is 1. The summed E-state index contributed by atoms with van der Waals surface area (Å²) in [6, 6.07) is 3.32. The summed E-state index contributed by atoms with van der Waals surface area (Å²) in [4.78, 5) is 10.8. The van der Waals surface area contributed by atoms with E-state index in [1.54, 1.807) is 17.7 Å². The summed E-state index contributed by atoms with van der Waals surface area (Å²) < 4.78 is 3.28. The van der Waals surface area contributed by atoms with Crippen LogP contribution in [0.2, 0.25) is 0 Å². The monoisotopic (exact) mass is 220 g/mol. The molecule has 0 aliphatic rings. The molecule has 2 rings (SSSR count). The van der Waals surface area contributed by atoms with Gasteiger partial charge >= 0.3 is 5.97 Å². The number of nitrogens with zero attached hydrogens (tertiary/aromatic N) is 4. The topological polar surface area (TPSA) is 72.9 Å². The number of carboxylic acid groups (broad SMARTS) is 1. The zero-order valence-electron chi connectivity index (χ0n) is 9.08. The van der Waals surface area contributed by atoms with E-state index in [2.05, 4.69) is 10.2 Å². The average molecular weight is 220 g/mol. The van der Waals surface area contributed by atoms with Crippen LogP contribution in [0.3, 0.4) is 0 Å². The molecule has 16 heavy (non-hydrogen) atoms. The quantitative estimate of drug-likeness (QED) is 0.840. The fourth-order valence-corrected chi connectivity index (χ4v) is 1.45. The van der Waals surface area contributed by atoms with E-state index in [-0.39, 0.29) is 5.69 Å². The molecule has 6 heteroatoms. The second-order valence-electron chi connectivity index (χ2n) is 3.42. The second-order valence-corrected chi connectivity index (χ2v) is 3.42. The van der Waals surface area contributed by atoms with Crippen molar-refractivity contribution in [2.75, 3.05) is 0 Å². The largest absolute Gasteiger partial charge is 0.476 e. The first kappa shape index (κ1) is 10.4. The van der Waals surface area contributed by atoms with Crippen LogP contribution in [0, 0.1) is 6.92 Å². The summed E-state index contributed by atoms with van der Waals surface area (Å²) in [5.41, 5.74) is 0.780. The van der Waals surface area contributed by atoms with Gasteiger partial charge in [0, 0.05) is 24.5 Å². The molecule has 2 aromatic rings. The molecular formula is C10H12N4O2. The molecule has 2 heterocycles. The van der Waals surface area contributed by atoms with Crippen molar-refractivity contribution in [1.82, 2.24) is 19.6 Å². The van der Waals surface area contributed by atoms with Gasteiger partial charge in [0.15, 0.2) is 11.5 Å². The Morgan fingerprint density at radius 2 is 2.25 bits per heavy atom. The van der Waals surface area contributed by atoms with Crippen molar-refractivity contribution in [2.45, 2.75) is 20.4 Å². The Morgan fingerprint density at radius 3 is 2.75 bits per heavy atom. The van der Waals surface area contributed by atoms with E-state index in [1.807, 2.05) is 13.1 Å². The highest BCUT2D eigenvalue weighted by Crippen LogP contribution is 2.10. The van der Waals surface area contributed by atoms with Gasteiger partial charge in [-0.25, -0.2) is 9.48 Å². The number of hydrogen-bond donors (Lipinski definition) is 1. The fourth-order valence-electron chi connectivity index (χ4n) is 1.45. The zero-order chi connectivity index (χ0) is 11.7. The number of hydrogen-bond acceptors (Lipinski definition) is 3. The van der Waals surface area contributed by atoms with Crippen LogP contribution in [0.25, 0.3) is 5.82 Å². The van der Waals surface area contributed by atoms with Gasteiger partial charge in [-0.05, 0) is 19.9 Å². The predicted octanol–water partition coefficient (Wildman–Crippen LogP) is 1.10. The van der Waals surface area contributed by atoms with Crippen molar-refractivity contribution in [3.8, 4) is 5.82 Å². The Kier molecular flexibility index (Phi) is 2.47. The number of aromatic nitrogens is 4. The summed E-state index contributed by atoms with van der Waals surface area (Å²) in [6.45, 7) is 4.55. The molecule has 0 aromatic carbocycles. The molecule has 0 fully saturated rings. The van der Waals surface area contributed by atoms with Crippen LogP contribution >= 0.6 is 0 Å². The Labute approximate surface area is 92.1 Å². The number of aromatic carboxylic acids is 1. The summed E-state index contributed by atoms with van der Waals surface area (Å²) in [7, 11) is 0. The fraction of sp³-hybridized carbons (Fsp3) is 0.300. The highest BCUT2D eigenvalue weighted by atomic mass is 16.4. The molecule has 0 radical (unpaired) electrons. The third kappa shape index (κ3) is 1.69. The maximum absolute atomic E-state index is 10.8. The standard InChI is InChI=1S/C10H12N4O2/c1-3-13-5-4-9(12-13)14-7(2)6-8(11-14)10(15)16/h4-6H,3H2,1-2H3,(H,15,16). The first-order valence-electron chi connectivity index (χ1n) is 4.95. The van der Waals surface area contributed by atoms with Crippen LogP contribution in [0.5, 0.6) is 0 Å². The summed E-state index contributed by atoms with van der Waals surface area (Å²) in [5.74, 6) is -0.399. The van der Waals surface area contributed by atoms with Crippen molar-refractivity contribution in [3.05, 3.63) is 29.7 Å². The third-order valence-corrected chi connectivity index (χ3v) is 2.27. The molecule has 6 nitrogen and oxygen atoms in total. The zero-order valence-corrected chi connectivity index (χ0v) is 9.08. The van der Waals surface area contributed by atoms with Gasteiger partial charge in [-0.1, -0.05) is 0 Å². The highest BCUT2D eigenvalue weighted by Gasteiger charge is 2.12. The Hall–Kier alpha value is -2.11. The third-order valence-electron chi connectivity index (χ3n) is 2.27. The maximum atomic E-state index is 10.8. The molecule has 0 unspecified atom stereocenters. The highest BCUT2D eigenvalue weighted by molar-refractivity contribution is 5.85. The molecule has 0 amide bonds. The van der Waals surface area contributed by atoms with E-state index in [9.17, 15) is 4.79 Å². The van der Waals surface area contributed by atoms with E-state index in [0.717, 1.165) is 12.2 Å². The molecule has 0 bridgehead atoms. The first-order chi connectivity index (χ1) is 7.61. The van der Waals surface area contributed by atoms with E-state index >= 15 is 0 Å². The maximum Gasteiger partial charge on any atom is 0.356 e. The molecule has 0 saturated heterocycles. The van der Waals surface area contributed by atoms with Gasteiger partial charge in [0.05, 0.1) is 0 Å². The van der Waals surface area contributed by atoms with Crippen LogP contribution in [0.1, 0.15) is 23.1 Å². The molecular weight excluding hydrogens is 208 g/mol. The molecule has 84 valence electrons. The van der Waals surface area contributed by atoms with Gasteiger partial charge in [0.1, 0.15) is 0 Å². The van der Waals surface area contributed by atoms with Crippen LogP contribution in [0.4, 0.5) is 0 Å². The smallest absolute Gasteiger partial charge is 0.356 e. The second kappa shape index (κ2) is 3.80. The number of carboxylic acids is 1. The summed E-state index contributed by atoms with van der Waals surface area (Å²) >= 11 is 0. The summed E-state index contributed by atoms with van der Waals surface area (Å²) in [5, 5.41) is 17.0. The van der Waals surface area contributed by atoms with Crippen molar-refractivity contribution in [1.29, 1.82) is 0 Å². The van der Waals surface area contributed by atoms with Crippen LogP contribution in [-0.4, -0.2) is 30.6 Å². The van der Waals surface area contributed by atoms with Gasteiger partial charge < -0.3 is 5.11 Å². The molecule has 0 aliphatic heterocycles. The predicted molar refractivity (Wildman–Crippen MR) is 56.7 cm³/mol. The van der Waals surface area contributed by atoms with E-state index in [0.29, 0.717) is 5.82 Å². The van der Waals surface area contributed by atoms with Gasteiger partial charge in [0.2, 0.25) is 0 Å². The van der Waals surface area contributed by atoms with Crippen LogP contribution in [-0.2, 0) is 6.54 Å². The van der Waals surface area contributed by atoms with E-state index < -0.39 is 5.97 Å². The Morgan fingerprint density at radius 1 is 1.50 bits per heavy atom. The van der Waals surface area contributed by atoms with Crippen LogP contribution < -0.4 is 0 Å². The van der Waals surface area contributed by atoms with Gasteiger partial charge in [-0.3, -0.25) is 4.68 Å². The number of aryl methyl sites for hydroxylation is 2. The average Bonchev–Trinajstić information content (AvgIpc) is 2.83.